The highest BCUT2D eigenvalue weighted by Crippen LogP contribution is 2.41. The molecule has 26 heavy (non-hydrogen) atoms. The summed E-state index contributed by atoms with van der Waals surface area (Å²) < 4.78 is 25.5. The van der Waals surface area contributed by atoms with Crippen molar-refractivity contribution in [3.63, 3.8) is 0 Å². The highest BCUT2D eigenvalue weighted by atomic mass is 19.1. The molecule has 0 atom stereocenters. The van der Waals surface area contributed by atoms with Gasteiger partial charge in [-0.1, -0.05) is 19.1 Å². The number of rotatable bonds is 5. The number of hydrogen-bond acceptors (Lipinski definition) is 3. The Hall–Kier alpha value is -2.82. The number of benzene rings is 2. The van der Waals surface area contributed by atoms with E-state index in [4.69, 9.17) is 9.47 Å². The minimum atomic E-state index is -0.374. The molecule has 0 N–H and O–H groups in total. The summed E-state index contributed by atoms with van der Waals surface area (Å²) in [4.78, 5) is 13.8. The number of hydrogen-bond donors (Lipinski definition) is 0. The summed E-state index contributed by atoms with van der Waals surface area (Å²) in [5.74, 6) is 0.747. The van der Waals surface area contributed by atoms with E-state index in [1.165, 1.54) is 13.0 Å². The van der Waals surface area contributed by atoms with Crippen LogP contribution >= 0.6 is 0 Å². The third-order valence-electron chi connectivity index (χ3n) is 4.35. The summed E-state index contributed by atoms with van der Waals surface area (Å²) in [7, 11) is 1.61. The summed E-state index contributed by atoms with van der Waals surface area (Å²) in [5, 5.41) is 0. The first kappa shape index (κ1) is 18.0. The van der Waals surface area contributed by atoms with Crippen molar-refractivity contribution in [1.29, 1.82) is 0 Å². The van der Waals surface area contributed by atoms with Crippen LogP contribution in [-0.2, 0) is 4.79 Å². The van der Waals surface area contributed by atoms with Gasteiger partial charge in [0.15, 0.2) is 0 Å². The van der Waals surface area contributed by atoms with Crippen molar-refractivity contribution in [3.8, 4) is 11.5 Å². The molecule has 2 aromatic rings. The Morgan fingerprint density at radius 3 is 2.54 bits per heavy atom. The van der Waals surface area contributed by atoms with Gasteiger partial charge in [0.05, 0.1) is 25.9 Å². The number of nitrogens with zero attached hydrogens (tertiary/aromatic N) is 1. The number of amides is 1. The van der Waals surface area contributed by atoms with Gasteiger partial charge in [-0.15, -0.1) is 0 Å². The molecule has 1 amide bonds. The quantitative estimate of drug-likeness (QED) is 0.791. The van der Waals surface area contributed by atoms with Gasteiger partial charge in [0, 0.05) is 12.5 Å². The van der Waals surface area contributed by atoms with Crippen molar-refractivity contribution in [2.24, 2.45) is 0 Å². The monoisotopic (exact) mass is 355 g/mol. The van der Waals surface area contributed by atoms with Crippen molar-refractivity contribution >= 4 is 23.2 Å². The Balaban J connectivity index is 2.10. The topological polar surface area (TPSA) is 38.8 Å². The first-order valence-corrected chi connectivity index (χ1v) is 8.63. The zero-order valence-electron chi connectivity index (χ0n) is 15.2. The molecule has 1 aliphatic rings. The van der Waals surface area contributed by atoms with Crippen LogP contribution in [-0.4, -0.2) is 26.2 Å². The normalized spacial score (nSPS) is 13.1. The van der Waals surface area contributed by atoms with E-state index >= 15 is 0 Å². The second kappa shape index (κ2) is 7.60. The summed E-state index contributed by atoms with van der Waals surface area (Å²) in [6.45, 7) is 4.36. The minimum Gasteiger partial charge on any atom is -0.497 e. The summed E-state index contributed by atoms with van der Waals surface area (Å²) in [5.41, 5.74) is 2.66. The third kappa shape index (κ3) is 3.43. The standard InChI is InChI=1S/C21H22FNO3/c1-4-11-26-20-10-9-19(22)18-12-16(13-23(14(2)24)21(18)20)15-5-7-17(25-3)8-6-15/h5-10,12H,4,11,13H2,1-3H3. The molecule has 4 nitrogen and oxygen atoms in total. The molecular weight excluding hydrogens is 333 g/mol. The van der Waals surface area contributed by atoms with E-state index in [1.807, 2.05) is 31.2 Å². The Kier molecular flexibility index (Phi) is 5.26. The van der Waals surface area contributed by atoms with Gasteiger partial charge in [-0.2, -0.15) is 0 Å². The minimum absolute atomic E-state index is 0.155. The molecule has 0 spiro atoms. The van der Waals surface area contributed by atoms with Crippen molar-refractivity contribution < 1.29 is 18.7 Å². The molecule has 5 heteroatoms. The molecule has 0 saturated heterocycles. The zero-order valence-corrected chi connectivity index (χ0v) is 15.2. The fourth-order valence-electron chi connectivity index (χ4n) is 3.03. The molecule has 0 bridgehead atoms. The maximum atomic E-state index is 14.6. The first-order valence-electron chi connectivity index (χ1n) is 8.63. The van der Waals surface area contributed by atoms with Gasteiger partial charge < -0.3 is 14.4 Å². The van der Waals surface area contributed by atoms with Gasteiger partial charge in [-0.05, 0) is 47.9 Å². The fourth-order valence-corrected chi connectivity index (χ4v) is 3.03. The number of halogens is 1. The molecule has 1 heterocycles. The number of anilines is 1. The summed E-state index contributed by atoms with van der Waals surface area (Å²) >= 11 is 0. The SMILES string of the molecule is CCCOc1ccc(F)c2c1N(C(C)=O)CC(c1ccc(OC)cc1)=C2. The molecule has 136 valence electrons. The Morgan fingerprint density at radius 1 is 1.19 bits per heavy atom. The van der Waals surface area contributed by atoms with Gasteiger partial charge in [0.2, 0.25) is 5.91 Å². The Morgan fingerprint density at radius 2 is 1.92 bits per heavy atom. The van der Waals surface area contributed by atoms with E-state index in [9.17, 15) is 9.18 Å². The number of ether oxygens (including phenoxy) is 2. The van der Waals surface area contributed by atoms with Crippen LogP contribution in [0.3, 0.4) is 0 Å². The highest BCUT2D eigenvalue weighted by molar-refractivity contribution is 6.04. The predicted octanol–water partition coefficient (Wildman–Crippen LogP) is 4.53. The van der Waals surface area contributed by atoms with Crippen LogP contribution < -0.4 is 14.4 Å². The van der Waals surface area contributed by atoms with Crippen LogP contribution in [0.15, 0.2) is 36.4 Å². The van der Waals surface area contributed by atoms with E-state index < -0.39 is 0 Å². The van der Waals surface area contributed by atoms with E-state index in [-0.39, 0.29) is 11.7 Å². The van der Waals surface area contributed by atoms with E-state index in [2.05, 4.69) is 0 Å². The maximum Gasteiger partial charge on any atom is 0.224 e. The van der Waals surface area contributed by atoms with Crippen LogP contribution in [0, 0.1) is 5.82 Å². The molecule has 3 rings (SSSR count). The lowest BCUT2D eigenvalue weighted by molar-refractivity contribution is -0.116. The number of carbonyl (C=O) groups excluding carboxylic acids is 1. The molecule has 0 fully saturated rings. The van der Waals surface area contributed by atoms with Gasteiger partial charge in [0.25, 0.3) is 0 Å². The zero-order chi connectivity index (χ0) is 18.7. The van der Waals surface area contributed by atoms with Crippen molar-refractivity contribution in [2.45, 2.75) is 20.3 Å². The third-order valence-corrected chi connectivity index (χ3v) is 4.35. The van der Waals surface area contributed by atoms with Crippen molar-refractivity contribution in [1.82, 2.24) is 0 Å². The summed E-state index contributed by atoms with van der Waals surface area (Å²) in [6, 6.07) is 10.5. The molecule has 1 aliphatic heterocycles. The molecule has 0 radical (unpaired) electrons. The molecule has 0 aromatic heterocycles. The van der Waals surface area contributed by atoms with Crippen LogP contribution in [0.1, 0.15) is 31.4 Å². The Bertz CT molecular complexity index is 843. The van der Waals surface area contributed by atoms with Gasteiger partial charge in [0.1, 0.15) is 17.3 Å². The number of fused-ring (bicyclic) bond motifs is 1. The second-order valence-electron chi connectivity index (χ2n) is 6.16. The molecule has 0 aliphatic carbocycles. The molecule has 0 unspecified atom stereocenters. The molecule has 0 saturated carbocycles. The van der Waals surface area contributed by atoms with E-state index in [0.717, 1.165) is 23.3 Å². The maximum absolute atomic E-state index is 14.6. The lowest BCUT2D eigenvalue weighted by Crippen LogP contribution is -2.33. The number of methoxy groups -OCH3 is 1. The van der Waals surface area contributed by atoms with Crippen LogP contribution in [0.2, 0.25) is 0 Å². The second-order valence-corrected chi connectivity index (χ2v) is 6.16. The smallest absolute Gasteiger partial charge is 0.224 e. The largest absolute Gasteiger partial charge is 0.497 e. The highest BCUT2D eigenvalue weighted by Gasteiger charge is 2.27. The van der Waals surface area contributed by atoms with Crippen LogP contribution in [0.4, 0.5) is 10.1 Å². The van der Waals surface area contributed by atoms with Gasteiger partial charge in [-0.25, -0.2) is 4.39 Å². The first-order chi connectivity index (χ1) is 12.5. The molecule has 2 aromatic carbocycles. The lowest BCUT2D eigenvalue weighted by Gasteiger charge is -2.31. The Labute approximate surface area is 152 Å². The number of carbonyl (C=O) groups is 1. The average Bonchev–Trinajstić information content (AvgIpc) is 2.67. The summed E-state index contributed by atoms with van der Waals surface area (Å²) in [6.07, 6.45) is 2.63. The van der Waals surface area contributed by atoms with E-state index in [1.54, 1.807) is 24.2 Å². The lowest BCUT2D eigenvalue weighted by atomic mass is 9.96. The predicted molar refractivity (Wildman–Crippen MR) is 101 cm³/mol. The van der Waals surface area contributed by atoms with Crippen molar-refractivity contribution in [2.75, 3.05) is 25.2 Å². The van der Waals surface area contributed by atoms with Crippen LogP contribution in [0.5, 0.6) is 11.5 Å². The van der Waals surface area contributed by atoms with Crippen molar-refractivity contribution in [3.05, 3.63) is 53.3 Å². The van der Waals surface area contributed by atoms with Gasteiger partial charge in [-0.3, -0.25) is 4.79 Å². The fraction of sp³-hybridized carbons (Fsp3) is 0.286. The molecular formula is C21H22FNO3. The average molecular weight is 355 g/mol. The van der Waals surface area contributed by atoms with E-state index in [0.29, 0.717) is 30.2 Å². The van der Waals surface area contributed by atoms with Gasteiger partial charge >= 0.3 is 0 Å². The van der Waals surface area contributed by atoms with Crippen LogP contribution in [0.25, 0.3) is 11.6 Å².